The van der Waals surface area contributed by atoms with Gasteiger partial charge < -0.3 is 10.6 Å². The summed E-state index contributed by atoms with van der Waals surface area (Å²) in [5, 5.41) is 6.63. The normalized spacial score (nSPS) is 36.4. The van der Waals surface area contributed by atoms with Crippen LogP contribution in [0.3, 0.4) is 0 Å². The summed E-state index contributed by atoms with van der Waals surface area (Å²) in [6.45, 7) is 10.3. The van der Waals surface area contributed by atoms with Crippen molar-refractivity contribution >= 4 is 11.8 Å². The molecule has 4 nitrogen and oxygen atoms in total. The number of Topliss-reactive ketones (excluding diaryl/α,β-unsaturated/α-hetero) is 1. The summed E-state index contributed by atoms with van der Waals surface area (Å²) in [4.78, 5) is 25.5. The lowest BCUT2D eigenvalue weighted by Gasteiger charge is -2.49. The number of fused-ring (bicyclic) bond motifs is 2. The summed E-state index contributed by atoms with van der Waals surface area (Å²) in [5.41, 5.74) is -0.737. The molecule has 3 rings (SSSR count). The first-order valence-corrected chi connectivity index (χ1v) is 10.7. The maximum Gasteiger partial charge on any atom is 0.315 e. The molecule has 152 valence electrons. The van der Waals surface area contributed by atoms with Gasteiger partial charge in [-0.25, -0.2) is 4.79 Å². The third-order valence-corrected chi connectivity index (χ3v) is 7.33. The Balaban J connectivity index is 0.00000196. The van der Waals surface area contributed by atoms with E-state index in [0.29, 0.717) is 5.78 Å². The highest BCUT2D eigenvalue weighted by Crippen LogP contribution is 2.46. The van der Waals surface area contributed by atoms with Crippen molar-refractivity contribution in [2.24, 2.45) is 22.7 Å². The zero-order valence-corrected chi connectivity index (χ0v) is 17.4. The van der Waals surface area contributed by atoms with E-state index in [9.17, 15) is 9.59 Å². The number of nitrogens with one attached hydrogen (secondary N) is 2. The predicted molar refractivity (Wildman–Crippen MR) is 109 cm³/mol. The highest BCUT2D eigenvalue weighted by atomic mass is 16.2. The lowest BCUT2D eigenvalue weighted by molar-refractivity contribution is -0.140. The molecule has 0 radical (unpaired) electrons. The molecule has 26 heavy (non-hydrogen) atoms. The Bertz CT molecular complexity index is 559. The van der Waals surface area contributed by atoms with Crippen molar-refractivity contribution in [2.45, 2.75) is 104 Å². The summed E-state index contributed by atoms with van der Waals surface area (Å²) >= 11 is 0. The molecule has 3 aliphatic carbocycles. The maximum absolute atomic E-state index is 12.9. The van der Waals surface area contributed by atoms with E-state index < -0.39 is 0 Å². The minimum absolute atomic E-state index is 0. The number of rotatable bonds is 3. The monoisotopic (exact) mass is 366 g/mol. The van der Waals surface area contributed by atoms with E-state index in [0.717, 1.165) is 43.9 Å². The van der Waals surface area contributed by atoms with E-state index in [2.05, 4.69) is 17.6 Å². The zero-order chi connectivity index (χ0) is 19.2. The van der Waals surface area contributed by atoms with Crippen molar-refractivity contribution in [3.05, 3.63) is 0 Å². The van der Waals surface area contributed by atoms with Gasteiger partial charge in [-0.15, -0.1) is 0 Å². The van der Waals surface area contributed by atoms with Crippen LogP contribution in [-0.2, 0) is 4.79 Å². The van der Waals surface area contributed by atoms with Gasteiger partial charge in [0.15, 0.2) is 0 Å². The first kappa shape index (κ1) is 19.7. The van der Waals surface area contributed by atoms with Crippen molar-refractivity contribution in [3.63, 3.8) is 0 Å². The average Bonchev–Trinajstić information content (AvgIpc) is 2.50. The largest absolute Gasteiger partial charge is 0.335 e. The van der Waals surface area contributed by atoms with Gasteiger partial charge in [-0.3, -0.25) is 4.79 Å². The summed E-state index contributed by atoms with van der Waals surface area (Å²) in [5.74, 6) is 1.85. The quantitative estimate of drug-likeness (QED) is 0.711. The second-order valence-corrected chi connectivity index (χ2v) is 10.8. The molecule has 0 heterocycles. The van der Waals surface area contributed by atoms with E-state index >= 15 is 0 Å². The van der Waals surface area contributed by atoms with Gasteiger partial charge >= 0.3 is 6.03 Å². The smallest absolute Gasteiger partial charge is 0.315 e. The molecule has 0 aromatic heterocycles. The number of amides is 2. The molecule has 3 atom stereocenters. The van der Waals surface area contributed by atoms with Crippen LogP contribution in [0.2, 0.25) is 0 Å². The van der Waals surface area contributed by atoms with Crippen LogP contribution < -0.4 is 10.6 Å². The highest BCUT2D eigenvalue weighted by Gasteiger charge is 2.48. The molecule has 4 heteroatoms. The molecule has 0 aromatic rings. The average molecular weight is 367 g/mol. The van der Waals surface area contributed by atoms with Gasteiger partial charge in [0.1, 0.15) is 5.78 Å². The number of ketones is 1. The molecule has 0 aromatic carbocycles. The van der Waals surface area contributed by atoms with Crippen molar-refractivity contribution in [2.75, 3.05) is 0 Å². The van der Waals surface area contributed by atoms with E-state index in [-0.39, 0.29) is 31.3 Å². The fourth-order valence-electron chi connectivity index (χ4n) is 6.43. The summed E-state index contributed by atoms with van der Waals surface area (Å²) < 4.78 is 0. The molecule has 3 unspecified atom stereocenters. The molecular weight excluding hydrogens is 324 g/mol. The van der Waals surface area contributed by atoms with Crippen LogP contribution >= 0.6 is 0 Å². The maximum atomic E-state index is 12.9. The lowest BCUT2D eigenvalue weighted by Crippen LogP contribution is -2.60. The van der Waals surface area contributed by atoms with Gasteiger partial charge in [-0.05, 0) is 50.4 Å². The second kappa shape index (κ2) is 6.83. The summed E-state index contributed by atoms with van der Waals surface area (Å²) in [6.07, 6.45) is 9.99. The van der Waals surface area contributed by atoms with Crippen molar-refractivity contribution in [1.82, 2.24) is 10.6 Å². The van der Waals surface area contributed by atoms with Crippen LogP contribution in [0.25, 0.3) is 0 Å². The fraction of sp³-hybridized carbons (Fsp3) is 0.909. The minimum atomic E-state index is -0.369. The molecule has 0 saturated heterocycles. The van der Waals surface area contributed by atoms with Crippen molar-refractivity contribution in [3.8, 4) is 0 Å². The van der Waals surface area contributed by atoms with E-state index in [1.54, 1.807) is 0 Å². The van der Waals surface area contributed by atoms with Gasteiger partial charge in [0.2, 0.25) is 0 Å². The number of carbonyl (C=O) groups is 2. The van der Waals surface area contributed by atoms with E-state index in [4.69, 9.17) is 0 Å². The topological polar surface area (TPSA) is 58.2 Å². The summed E-state index contributed by atoms with van der Waals surface area (Å²) in [6, 6.07) is 0.0485. The molecule has 3 aliphatic rings. The number of hydrogen-bond donors (Lipinski definition) is 2. The molecule has 2 N–H and O–H groups in total. The number of hydrogen-bond acceptors (Lipinski definition) is 2. The zero-order valence-electron chi connectivity index (χ0n) is 17.4. The van der Waals surface area contributed by atoms with Gasteiger partial charge in [-0.2, -0.15) is 0 Å². The SMILES string of the molecule is CCC1CC2CCCC(NC(=O)NC3CC(C)(C)C(=O)C(C)(C)C3)(C1)C2.[HH].[HH]. The Morgan fingerprint density at radius 2 is 1.77 bits per heavy atom. The third kappa shape index (κ3) is 3.94. The van der Waals surface area contributed by atoms with Crippen LogP contribution in [0.5, 0.6) is 0 Å². The van der Waals surface area contributed by atoms with Gasteiger partial charge in [0, 0.05) is 25.3 Å². The van der Waals surface area contributed by atoms with Crippen LogP contribution in [0.1, 0.15) is 95.3 Å². The fourth-order valence-corrected chi connectivity index (χ4v) is 6.43. The van der Waals surface area contributed by atoms with E-state index in [1.807, 2.05) is 27.7 Å². The predicted octanol–water partition coefficient (Wildman–Crippen LogP) is 5.31. The molecule has 0 aliphatic heterocycles. The van der Waals surface area contributed by atoms with Crippen LogP contribution in [0.4, 0.5) is 4.79 Å². The number of urea groups is 1. The highest BCUT2D eigenvalue weighted by molar-refractivity contribution is 5.90. The van der Waals surface area contributed by atoms with E-state index in [1.165, 1.54) is 25.7 Å². The minimum Gasteiger partial charge on any atom is -0.335 e. The lowest BCUT2D eigenvalue weighted by atomic mass is 9.62. The Morgan fingerprint density at radius 1 is 1.12 bits per heavy atom. The Hall–Kier alpha value is -1.06. The van der Waals surface area contributed by atoms with Gasteiger partial charge in [0.05, 0.1) is 0 Å². The molecule has 2 bridgehead atoms. The van der Waals surface area contributed by atoms with Crippen LogP contribution in [0, 0.1) is 22.7 Å². The molecule has 3 saturated carbocycles. The first-order valence-electron chi connectivity index (χ1n) is 10.7. The standard InChI is InChI=1S/C22H38N2O2.2H2/c1-6-15-10-16-8-7-9-22(11-15,12-16)24-19(26)23-17-13-20(2,3)18(25)21(4,5)14-17;;/h15-17H,6-14H2,1-5H3,(H2,23,24,26);2*1H. The first-order chi connectivity index (χ1) is 12.1. The second-order valence-electron chi connectivity index (χ2n) is 10.8. The Morgan fingerprint density at radius 3 is 2.38 bits per heavy atom. The summed E-state index contributed by atoms with van der Waals surface area (Å²) in [7, 11) is 0. The van der Waals surface area contributed by atoms with Crippen molar-refractivity contribution in [1.29, 1.82) is 0 Å². The molecular formula is C22H42N2O2. The van der Waals surface area contributed by atoms with Gasteiger partial charge in [0.25, 0.3) is 0 Å². The molecule has 2 amide bonds. The number of carbonyl (C=O) groups excluding carboxylic acids is 2. The molecule has 0 spiro atoms. The third-order valence-electron chi connectivity index (χ3n) is 7.33. The Kier molecular flexibility index (Phi) is 5.18. The Labute approximate surface area is 162 Å². The van der Waals surface area contributed by atoms with Gasteiger partial charge in [-0.1, -0.05) is 53.9 Å². The van der Waals surface area contributed by atoms with Crippen LogP contribution in [-0.4, -0.2) is 23.4 Å². The van der Waals surface area contributed by atoms with Crippen LogP contribution in [0.15, 0.2) is 0 Å². The molecule has 3 fully saturated rings. The van der Waals surface area contributed by atoms with Crippen molar-refractivity contribution < 1.29 is 12.4 Å².